The van der Waals surface area contributed by atoms with Gasteiger partial charge in [-0.05, 0) is 31.5 Å². The molecule has 0 radical (unpaired) electrons. The molecule has 0 amide bonds. The van der Waals surface area contributed by atoms with Crippen LogP contribution in [-0.2, 0) is 4.74 Å². The fourth-order valence-corrected chi connectivity index (χ4v) is 3.14. The second kappa shape index (κ2) is 7.87. The maximum absolute atomic E-state index is 6.39. The smallest absolute Gasteiger partial charge is 0.146 e. The molecule has 1 N–H and O–H groups in total. The lowest BCUT2D eigenvalue weighted by molar-refractivity contribution is 0.176. The van der Waals surface area contributed by atoms with Gasteiger partial charge in [-0.2, -0.15) is 0 Å². The van der Waals surface area contributed by atoms with Gasteiger partial charge in [0, 0.05) is 24.1 Å². The molecule has 1 heterocycles. The fraction of sp³-hybridized carbons (Fsp3) is 0.625. The van der Waals surface area contributed by atoms with E-state index in [1.807, 2.05) is 12.1 Å². The van der Waals surface area contributed by atoms with Crippen LogP contribution in [0.1, 0.15) is 31.4 Å². The zero-order chi connectivity index (χ0) is 15.2. The standard InChI is InChI=1S/C16H24ClNO3/c1-4-8-18-15(11-7-9-21-10-11)12-5-6-13(19-2)14(17)16(12)20-3/h5-6,11,15,18H,4,7-10H2,1-3H3. The lowest BCUT2D eigenvalue weighted by atomic mass is 9.91. The largest absolute Gasteiger partial charge is 0.495 e. The van der Waals surface area contributed by atoms with Crippen molar-refractivity contribution in [3.63, 3.8) is 0 Å². The van der Waals surface area contributed by atoms with E-state index < -0.39 is 0 Å². The molecule has 2 unspecified atom stereocenters. The molecule has 1 saturated heterocycles. The number of nitrogens with one attached hydrogen (secondary N) is 1. The van der Waals surface area contributed by atoms with E-state index in [9.17, 15) is 0 Å². The molecule has 1 aromatic carbocycles. The van der Waals surface area contributed by atoms with Crippen LogP contribution >= 0.6 is 11.6 Å². The van der Waals surface area contributed by atoms with E-state index in [1.165, 1.54) is 0 Å². The first-order chi connectivity index (χ1) is 10.2. The minimum Gasteiger partial charge on any atom is -0.495 e. The van der Waals surface area contributed by atoms with Crippen molar-refractivity contribution in [2.24, 2.45) is 5.92 Å². The minimum atomic E-state index is 0.186. The number of halogens is 1. The van der Waals surface area contributed by atoms with Gasteiger partial charge in [0.2, 0.25) is 0 Å². The topological polar surface area (TPSA) is 39.7 Å². The average molecular weight is 314 g/mol. The molecular weight excluding hydrogens is 290 g/mol. The third-order valence-corrected chi connectivity index (χ3v) is 4.26. The van der Waals surface area contributed by atoms with Crippen LogP contribution < -0.4 is 14.8 Å². The number of rotatable bonds is 7. The lowest BCUT2D eigenvalue weighted by Gasteiger charge is -2.26. The first kappa shape index (κ1) is 16.4. The van der Waals surface area contributed by atoms with Crippen molar-refractivity contribution in [1.82, 2.24) is 5.32 Å². The zero-order valence-electron chi connectivity index (χ0n) is 12.9. The Labute approximate surface area is 131 Å². The van der Waals surface area contributed by atoms with Crippen molar-refractivity contribution in [3.8, 4) is 11.5 Å². The van der Waals surface area contributed by atoms with Crippen LogP contribution in [0, 0.1) is 5.92 Å². The van der Waals surface area contributed by atoms with E-state index in [0.717, 1.165) is 38.2 Å². The molecule has 5 heteroatoms. The van der Waals surface area contributed by atoms with Crippen LogP contribution in [0.15, 0.2) is 12.1 Å². The van der Waals surface area contributed by atoms with E-state index in [0.29, 0.717) is 22.4 Å². The summed E-state index contributed by atoms with van der Waals surface area (Å²) in [4.78, 5) is 0. The number of methoxy groups -OCH3 is 2. The SMILES string of the molecule is CCCNC(c1ccc(OC)c(Cl)c1OC)C1CCOC1. The summed E-state index contributed by atoms with van der Waals surface area (Å²) in [6.07, 6.45) is 2.13. The normalized spacial score (nSPS) is 19.5. The molecule has 1 aromatic rings. The molecule has 0 aliphatic carbocycles. The Morgan fingerprint density at radius 3 is 2.76 bits per heavy atom. The molecule has 0 spiro atoms. The molecule has 0 aromatic heterocycles. The van der Waals surface area contributed by atoms with Crippen molar-refractivity contribution in [2.75, 3.05) is 34.0 Å². The minimum absolute atomic E-state index is 0.186. The van der Waals surface area contributed by atoms with E-state index in [1.54, 1.807) is 14.2 Å². The summed E-state index contributed by atoms with van der Waals surface area (Å²) in [5, 5.41) is 4.14. The van der Waals surface area contributed by atoms with Gasteiger partial charge in [-0.1, -0.05) is 18.5 Å². The second-order valence-electron chi connectivity index (χ2n) is 5.26. The summed E-state index contributed by atoms with van der Waals surface area (Å²) in [5.41, 5.74) is 1.08. The highest BCUT2D eigenvalue weighted by molar-refractivity contribution is 6.33. The first-order valence-electron chi connectivity index (χ1n) is 7.44. The van der Waals surface area contributed by atoms with Gasteiger partial charge in [0.05, 0.1) is 20.8 Å². The number of hydrogen-bond donors (Lipinski definition) is 1. The summed E-state index contributed by atoms with van der Waals surface area (Å²) < 4.78 is 16.4. The maximum atomic E-state index is 6.39. The van der Waals surface area contributed by atoms with Gasteiger partial charge in [-0.25, -0.2) is 0 Å². The monoisotopic (exact) mass is 313 g/mol. The molecule has 21 heavy (non-hydrogen) atoms. The highest BCUT2D eigenvalue weighted by Crippen LogP contribution is 2.42. The highest BCUT2D eigenvalue weighted by Gasteiger charge is 2.30. The number of ether oxygens (including phenoxy) is 3. The van der Waals surface area contributed by atoms with Gasteiger partial charge in [-0.3, -0.25) is 0 Å². The van der Waals surface area contributed by atoms with Crippen LogP contribution in [0.2, 0.25) is 5.02 Å². The fourth-order valence-electron chi connectivity index (χ4n) is 2.81. The molecule has 1 aliphatic heterocycles. The van der Waals surface area contributed by atoms with E-state index in [2.05, 4.69) is 12.2 Å². The van der Waals surface area contributed by atoms with Crippen LogP contribution in [0.25, 0.3) is 0 Å². The van der Waals surface area contributed by atoms with Gasteiger partial charge < -0.3 is 19.5 Å². The average Bonchev–Trinajstić information content (AvgIpc) is 3.02. The van der Waals surface area contributed by atoms with E-state index in [-0.39, 0.29) is 6.04 Å². The van der Waals surface area contributed by atoms with Crippen molar-refractivity contribution < 1.29 is 14.2 Å². The number of hydrogen-bond acceptors (Lipinski definition) is 4. The zero-order valence-corrected chi connectivity index (χ0v) is 13.7. The Kier molecular flexibility index (Phi) is 6.15. The molecular formula is C16H24ClNO3. The third kappa shape index (κ3) is 3.62. The Hall–Kier alpha value is -0.970. The van der Waals surface area contributed by atoms with Crippen molar-refractivity contribution >= 4 is 11.6 Å². The second-order valence-corrected chi connectivity index (χ2v) is 5.64. The Morgan fingerprint density at radius 1 is 1.38 bits per heavy atom. The quantitative estimate of drug-likeness (QED) is 0.837. The third-order valence-electron chi connectivity index (χ3n) is 3.90. The molecule has 4 nitrogen and oxygen atoms in total. The number of benzene rings is 1. The van der Waals surface area contributed by atoms with E-state index >= 15 is 0 Å². The highest BCUT2D eigenvalue weighted by atomic mass is 35.5. The summed E-state index contributed by atoms with van der Waals surface area (Å²) in [6, 6.07) is 4.12. The summed E-state index contributed by atoms with van der Waals surface area (Å²) in [7, 11) is 3.25. The predicted octanol–water partition coefficient (Wildman–Crippen LogP) is 3.43. The maximum Gasteiger partial charge on any atom is 0.146 e. The van der Waals surface area contributed by atoms with Crippen molar-refractivity contribution in [3.05, 3.63) is 22.7 Å². The molecule has 2 atom stereocenters. The van der Waals surface area contributed by atoms with Gasteiger partial charge >= 0.3 is 0 Å². The summed E-state index contributed by atoms with van der Waals surface area (Å²) >= 11 is 6.39. The van der Waals surface area contributed by atoms with E-state index in [4.69, 9.17) is 25.8 Å². The van der Waals surface area contributed by atoms with Crippen molar-refractivity contribution in [1.29, 1.82) is 0 Å². The van der Waals surface area contributed by atoms with Crippen LogP contribution in [0.3, 0.4) is 0 Å². The van der Waals surface area contributed by atoms with Crippen LogP contribution in [0.5, 0.6) is 11.5 Å². The van der Waals surface area contributed by atoms with Crippen molar-refractivity contribution in [2.45, 2.75) is 25.8 Å². The van der Waals surface area contributed by atoms with Gasteiger partial charge in [-0.15, -0.1) is 0 Å². The molecule has 2 rings (SSSR count). The Bertz CT molecular complexity index is 461. The van der Waals surface area contributed by atoms with Gasteiger partial charge in [0.1, 0.15) is 16.5 Å². The Balaban J connectivity index is 2.35. The lowest BCUT2D eigenvalue weighted by Crippen LogP contribution is -2.29. The summed E-state index contributed by atoms with van der Waals surface area (Å²) in [6.45, 7) is 4.71. The summed E-state index contributed by atoms with van der Waals surface area (Å²) in [5.74, 6) is 1.76. The predicted molar refractivity (Wildman–Crippen MR) is 84.5 cm³/mol. The molecule has 1 aliphatic rings. The van der Waals surface area contributed by atoms with Gasteiger partial charge in [0.25, 0.3) is 0 Å². The first-order valence-corrected chi connectivity index (χ1v) is 7.82. The molecule has 1 fully saturated rings. The van der Waals surface area contributed by atoms with Gasteiger partial charge in [0.15, 0.2) is 0 Å². The van der Waals surface area contributed by atoms with Crippen LogP contribution in [-0.4, -0.2) is 34.0 Å². The molecule has 118 valence electrons. The van der Waals surface area contributed by atoms with Crippen LogP contribution in [0.4, 0.5) is 0 Å². The Morgan fingerprint density at radius 2 is 2.19 bits per heavy atom. The molecule has 0 bridgehead atoms. The molecule has 0 saturated carbocycles.